The summed E-state index contributed by atoms with van der Waals surface area (Å²) in [7, 11) is 0. The van der Waals surface area contributed by atoms with Crippen molar-refractivity contribution in [2.45, 2.75) is 5.41 Å². The predicted molar refractivity (Wildman–Crippen MR) is 238 cm³/mol. The van der Waals surface area contributed by atoms with E-state index in [9.17, 15) is 0 Å². The summed E-state index contributed by atoms with van der Waals surface area (Å²) in [5.41, 5.74) is 18.5. The largest absolute Gasteiger partial charge is 0.453 e. The molecular weight excluding hydrogens is 705 g/mol. The highest BCUT2D eigenvalue weighted by Gasteiger charge is 2.53. The lowest BCUT2D eigenvalue weighted by molar-refractivity contribution is 0.474. The topological polar surface area (TPSA) is 15.7 Å². The average molecular weight is 741 g/mol. The quantitative estimate of drug-likeness (QED) is 0.175. The van der Waals surface area contributed by atoms with Gasteiger partial charge in [-0.05, 0) is 116 Å². The zero-order chi connectivity index (χ0) is 38.2. The highest BCUT2D eigenvalue weighted by molar-refractivity contribution is 5.99. The number of nitrogens with zero attached hydrogens (tertiary/aromatic N) is 2. The molecule has 58 heavy (non-hydrogen) atoms. The van der Waals surface area contributed by atoms with Crippen LogP contribution in [0.5, 0.6) is 11.5 Å². The molecule has 0 unspecified atom stereocenters. The van der Waals surface area contributed by atoms with Crippen molar-refractivity contribution in [1.82, 2.24) is 0 Å². The van der Waals surface area contributed by atoms with Gasteiger partial charge in [-0.2, -0.15) is 0 Å². The molecule has 0 fully saturated rings. The Morgan fingerprint density at radius 2 is 0.845 bits per heavy atom. The van der Waals surface area contributed by atoms with Crippen LogP contribution in [0.3, 0.4) is 0 Å². The Morgan fingerprint density at radius 1 is 0.345 bits per heavy atom. The van der Waals surface area contributed by atoms with E-state index in [1.54, 1.807) is 0 Å². The van der Waals surface area contributed by atoms with Crippen LogP contribution in [0, 0.1) is 0 Å². The maximum absolute atomic E-state index is 6.95. The maximum atomic E-state index is 6.95. The summed E-state index contributed by atoms with van der Waals surface area (Å²) < 4.78 is 6.95. The molecule has 0 radical (unpaired) electrons. The second kappa shape index (κ2) is 12.7. The molecule has 0 saturated carbocycles. The summed E-state index contributed by atoms with van der Waals surface area (Å²) in [6, 6.07) is 78.8. The van der Waals surface area contributed by atoms with Crippen LogP contribution in [0.1, 0.15) is 22.3 Å². The molecule has 2 heterocycles. The van der Waals surface area contributed by atoms with Gasteiger partial charge < -0.3 is 14.5 Å². The third-order valence-electron chi connectivity index (χ3n) is 12.3. The first kappa shape index (κ1) is 32.6. The van der Waals surface area contributed by atoms with Crippen molar-refractivity contribution in [3.8, 4) is 44.9 Å². The zero-order valence-electron chi connectivity index (χ0n) is 31.6. The minimum Gasteiger partial charge on any atom is -0.453 e. The van der Waals surface area contributed by atoms with E-state index in [4.69, 9.17) is 4.74 Å². The minimum atomic E-state index is -0.467. The van der Waals surface area contributed by atoms with E-state index < -0.39 is 5.41 Å². The van der Waals surface area contributed by atoms with Crippen molar-refractivity contribution < 1.29 is 4.74 Å². The van der Waals surface area contributed by atoms with Crippen LogP contribution < -0.4 is 14.5 Å². The van der Waals surface area contributed by atoms with Gasteiger partial charge in [0.1, 0.15) is 0 Å². The number of rotatable bonds is 5. The number of fused-ring (bicyclic) bond motifs is 11. The van der Waals surface area contributed by atoms with Gasteiger partial charge in [0.25, 0.3) is 0 Å². The Bertz CT molecular complexity index is 2980. The third-order valence-corrected chi connectivity index (χ3v) is 12.3. The molecule has 12 rings (SSSR count). The first-order valence-electron chi connectivity index (χ1n) is 19.9. The smallest absolute Gasteiger partial charge is 0.152 e. The fourth-order valence-electron chi connectivity index (χ4n) is 9.79. The summed E-state index contributed by atoms with van der Waals surface area (Å²) in [6.45, 7) is 0. The van der Waals surface area contributed by atoms with Gasteiger partial charge in [-0.15, -0.1) is 0 Å². The van der Waals surface area contributed by atoms with Crippen molar-refractivity contribution >= 4 is 34.1 Å². The van der Waals surface area contributed by atoms with Gasteiger partial charge in [-0.25, -0.2) is 0 Å². The Labute approximate surface area is 338 Å². The van der Waals surface area contributed by atoms with E-state index >= 15 is 0 Å². The van der Waals surface area contributed by atoms with Gasteiger partial charge in [0.15, 0.2) is 11.5 Å². The number of hydrogen-bond donors (Lipinski definition) is 0. The lowest BCUT2D eigenvalue weighted by Gasteiger charge is -2.47. The van der Waals surface area contributed by atoms with Crippen LogP contribution in [0.2, 0.25) is 0 Å². The standard InChI is InChI=1S/C55H36N2O/c1-3-14-37(15-4-1)38-26-31-42(32-27-38)56(41-16-5-2-6-17-41)43-33-28-39(29-34-43)40-30-35-51-53(36-40)58-52-25-13-23-49-54(52)57(51)50-24-12-11-22-48(50)55(49)46-20-9-7-18-44(46)45-19-8-10-21-47(45)55/h1-36H. The Hall–Kier alpha value is -7.62. The molecule has 9 aromatic rings. The maximum Gasteiger partial charge on any atom is 0.152 e. The summed E-state index contributed by atoms with van der Waals surface area (Å²) >= 11 is 0. The van der Waals surface area contributed by atoms with Crippen LogP contribution in [0.15, 0.2) is 218 Å². The van der Waals surface area contributed by atoms with Gasteiger partial charge in [0.2, 0.25) is 0 Å². The van der Waals surface area contributed by atoms with E-state index in [1.807, 2.05) is 0 Å². The Kier molecular flexibility index (Phi) is 7.14. The van der Waals surface area contributed by atoms with Crippen LogP contribution in [0.25, 0.3) is 33.4 Å². The van der Waals surface area contributed by atoms with Gasteiger partial charge in [0, 0.05) is 17.1 Å². The molecule has 0 N–H and O–H groups in total. The molecule has 0 aromatic heterocycles. The molecule has 0 saturated heterocycles. The van der Waals surface area contributed by atoms with Crippen LogP contribution in [0.4, 0.5) is 34.1 Å². The molecule has 0 bridgehead atoms. The average Bonchev–Trinajstić information content (AvgIpc) is 3.59. The monoisotopic (exact) mass is 740 g/mol. The highest BCUT2D eigenvalue weighted by atomic mass is 16.5. The predicted octanol–water partition coefficient (Wildman–Crippen LogP) is 14.7. The van der Waals surface area contributed by atoms with Crippen molar-refractivity contribution in [1.29, 1.82) is 0 Å². The number of para-hydroxylation sites is 3. The van der Waals surface area contributed by atoms with E-state index in [0.717, 1.165) is 51.1 Å². The van der Waals surface area contributed by atoms with Gasteiger partial charge in [0.05, 0.1) is 22.5 Å². The second-order valence-corrected chi connectivity index (χ2v) is 15.3. The molecule has 0 amide bonds. The number of hydrogen-bond acceptors (Lipinski definition) is 3. The van der Waals surface area contributed by atoms with E-state index in [1.165, 1.54) is 50.2 Å². The lowest BCUT2D eigenvalue weighted by Crippen LogP contribution is -2.37. The SMILES string of the molecule is c1ccc(-c2ccc(N(c3ccccc3)c3ccc(-c4ccc5c(c4)Oc4cccc6c4N5c4ccccc4C64c5ccccc5-c5ccccc54)cc3)cc2)cc1. The van der Waals surface area contributed by atoms with E-state index in [0.29, 0.717) is 0 Å². The number of ether oxygens (including phenoxy) is 1. The summed E-state index contributed by atoms with van der Waals surface area (Å²) in [6.07, 6.45) is 0. The van der Waals surface area contributed by atoms with Crippen molar-refractivity contribution in [2.75, 3.05) is 9.80 Å². The fraction of sp³-hybridized carbons (Fsp3) is 0.0182. The molecular formula is C55H36N2O. The molecule has 2 aliphatic heterocycles. The minimum absolute atomic E-state index is 0.467. The zero-order valence-corrected chi connectivity index (χ0v) is 31.6. The fourth-order valence-corrected chi connectivity index (χ4v) is 9.79. The molecule has 9 aromatic carbocycles. The van der Waals surface area contributed by atoms with E-state index in [2.05, 4.69) is 228 Å². The van der Waals surface area contributed by atoms with Crippen molar-refractivity contribution in [3.05, 3.63) is 241 Å². The highest BCUT2D eigenvalue weighted by Crippen LogP contribution is 2.66. The van der Waals surface area contributed by atoms with Crippen LogP contribution in [-0.2, 0) is 5.41 Å². The lowest BCUT2D eigenvalue weighted by atomic mass is 9.64. The third kappa shape index (κ3) is 4.68. The summed E-state index contributed by atoms with van der Waals surface area (Å²) in [5.74, 6) is 1.71. The number of anilines is 6. The molecule has 0 atom stereocenters. The first-order chi connectivity index (χ1) is 28.8. The molecule has 1 spiro atoms. The summed E-state index contributed by atoms with van der Waals surface area (Å²) in [4.78, 5) is 4.74. The van der Waals surface area contributed by atoms with Gasteiger partial charge in [-0.3, -0.25) is 0 Å². The molecule has 3 nitrogen and oxygen atoms in total. The first-order valence-corrected chi connectivity index (χ1v) is 19.9. The van der Waals surface area contributed by atoms with Crippen molar-refractivity contribution in [2.24, 2.45) is 0 Å². The van der Waals surface area contributed by atoms with Gasteiger partial charge in [-0.1, -0.05) is 158 Å². The van der Waals surface area contributed by atoms with Crippen LogP contribution in [-0.4, -0.2) is 0 Å². The van der Waals surface area contributed by atoms with Crippen molar-refractivity contribution in [3.63, 3.8) is 0 Å². The normalized spacial score (nSPS) is 13.4. The molecule has 272 valence electrons. The van der Waals surface area contributed by atoms with Crippen LogP contribution >= 0.6 is 0 Å². The molecule has 3 aliphatic rings. The Balaban J connectivity index is 0.937. The second-order valence-electron chi connectivity index (χ2n) is 15.3. The van der Waals surface area contributed by atoms with E-state index in [-0.39, 0.29) is 0 Å². The molecule has 3 heteroatoms. The molecule has 1 aliphatic carbocycles. The van der Waals surface area contributed by atoms with Gasteiger partial charge >= 0.3 is 0 Å². The summed E-state index contributed by atoms with van der Waals surface area (Å²) in [5, 5.41) is 0. The number of benzene rings is 9. The Morgan fingerprint density at radius 3 is 1.52 bits per heavy atom.